The second-order valence-electron chi connectivity index (χ2n) is 7.40. The van der Waals surface area contributed by atoms with Crippen molar-refractivity contribution >= 4 is 23.8 Å². The predicted octanol–water partition coefficient (Wildman–Crippen LogP) is 1.43. The molecule has 2 heterocycles. The number of carbonyl (C=O) groups is 2. The second kappa shape index (κ2) is 9.76. The number of benzene rings is 1. The van der Waals surface area contributed by atoms with Crippen LogP contribution in [0, 0.1) is 10.1 Å². The smallest absolute Gasteiger partial charge is 0.344 e. The van der Waals surface area contributed by atoms with Crippen molar-refractivity contribution in [1.82, 2.24) is 10.3 Å². The average molecular weight is 418 g/mol. The zero-order valence-electron chi connectivity index (χ0n) is 16.9. The third-order valence-electron chi connectivity index (χ3n) is 3.86. The molecule has 3 rings (SSSR count). The Labute approximate surface area is 172 Å². The van der Waals surface area contributed by atoms with Crippen LogP contribution >= 0.6 is 0 Å². The van der Waals surface area contributed by atoms with Gasteiger partial charge in [0.25, 0.3) is 5.69 Å². The van der Waals surface area contributed by atoms with Gasteiger partial charge in [0.1, 0.15) is 24.6 Å². The van der Waals surface area contributed by atoms with Crippen LogP contribution in [0.4, 0.5) is 10.5 Å². The highest BCUT2D eigenvalue weighted by Gasteiger charge is 2.26. The molecular weight excluding hydrogens is 394 g/mol. The molecule has 1 fully saturated rings. The van der Waals surface area contributed by atoms with Crippen molar-refractivity contribution in [2.24, 2.45) is 5.10 Å². The van der Waals surface area contributed by atoms with E-state index in [0.29, 0.717) is 17.1 Å². The highest BCUT2D eigenvalue weighted by molar-refractivity contribution is 6.02. The molecule has 0 unspecified atom stereocenters. The second-order valence-corrected chi connectivity index (χ2v) is 7.40. The van der Waals surface area contributed by atoms with Gasteiger partial charge in [-0.25, -0.2) is 9.80 Å². The van der Waals surface area contributed by atoms with Crippen LogP contribution in [0.1, 0.15) is 5.76 Å². The van der Waals surface area contributed by atoms with Gasteiger partial charge in [0.15, 0.2) is 0 Å². The van der Waals surface area contributed by atoms with Crippen LogP contribution in [0.15, 0.2) is 45.9 Å². The molecule has 1 aromatic carbocycles. The molecule has 30 heavy (non-hydrogen) atoms. The van der Waals surface area contributed by atoms with Crippen LogP contribution in [0.2, 0.25) is 0 Å². The van der Waals surface area contributed by atoms with E-state index < -0.39 is 16.9 Å². The van der Waals surface area contributed by atoms with Crippen LogP contribution in [0.25, 0.3) is 11.3 Å². The van der Waals surface area contributed by atoms with Gasteiger partial charge in [-0.05, 0) is 24.3 Å². The third kappa shape index (κ3) is 6.79. The summed E-state index contributed by atoms with van der Waals surface area (Å²) in [5, 5.41) is 25.9. The maximum absolute atomic E-state index is 11.3. The quantitative estimate of drug-likeness (QED) is 0.239. The molecule has 1 aliphatic heterocycles. The van der Waals surface area contributed by atoms with E-state index in [9.17, 15) is 19.7 Å². The first-order valence-corrected chi connectivity index (χ1v) is 9.00. The van der Waals surface area contributed by atoms with Crippen molar-refractivity contribution < 1.29 is 28.5 Å². The zero-order chi connectivity index (χ0) is 22.3. The topological polar surface area (TPSA) is 138 Å². The Bertz CT molecular complexity index is 930. The number of imide groups is 1. The first kappa shape index (κ1) is 22.7. The van der Waals surface area contributed by atoms with E-state index in [0.717, 1.165) is 16.0 Å². The van der Waals surface area contributed by atoms with Gasteiger partial charge < -0.3 is 14.0 Å². The Kier molecular flexibility index (Phi) is 7.39. The third-order valence-corrected chi connectivity index (χ3v) is 3.86. The number of nitrogens with zero attached hydrogens (tertiary/aromatic N) is 4. The summed E-state index contributed by atoms with van der Waals surface area (Å²) in [7, 11) is 6.16. The van der Waals surface area contributed by atoms with Gasteiger partial charge in [-0.3, -0.25) is 20.2 Å². The SMILES string of the molecule is C[N+](C)(C)CCO.O=C1CN(/N=C/c2ccc(-c3ccc([N+](=O)[O-])cc3)o2)C(=O)N1. The summed E-state index contributed by atoms with van der Waals surface area (Å²) in [6.07, 6.45) is 1.31. The molecular formula is C19H24N5O6+. The van der Waals surface area contributed by atoms with Gasteiger partial charge >= 0.3 is 6.03 Å². The summed E-state index contributed by atoms with van der Waals surface area (Å²) < 4.78 is 6.37. The molecule has 2 aromatic rings. The first-order valence-electron chi connectivity index (χ1n) is 9.00. The fourth-order valence-electron chi connectivity index (χ4n) is 2.28. The summed E-state index contributed by atoms with van der Waals surface area (Å²) >= 11 is 0. The van der Waals surface area contributed by atoms with Crippen LogP contribution in [0.3, 0.4) is 0 Å². The molecule has 2 N–H and O–H groups in total. The zero-order valence-corrected chi connectivity index (χ0v) is 16.9. The number of non-ortho nitro benzene ring substituents is 1. The lowest BCUT2D eigenvalue weighted by Crippen LogP contribution is -2.36. The molecule has 0 radical (unpaired) electrons. The maximum atomic E-state index is 11.3. The van der Waals surface area contributed by atoms with Crippen molar-refractivity contribution in [2.45, 2.75) is 0 Å². The molecule has 11 nitrogen and oxygen atoms in total. The molecule has 1 saturated heterocycles. The lowest BCUT2D eigenvalue weighted by molar-refractivity contribution is -0.870. The molecule has 3 amide bonds. The van der Waals surface area contributed by atoms with E-state index in [2.05, 4.69) is 31.6 Å². The van der Waals surface area contributed by atoms with Gasteiger partial charge in [0.2, 0.25) is 5.91 Å². The van der Waals surface area contributed by atoms with Crippen LogP contribution in [-0.2, 0) is 4.79 Å². The number of hydrogen-bond acceptors (Lipinski definition) is 7. The number of nitro benzene ring substituents is 1. The molecule has 1 aromatic heterocycles. The first-order chi connectivity index (χ1) is 14.1. The molecule has 11 heteroatoms. The van der Waals surface area contributed by atoms with Crippen molar-refractivity contribution in [3.63, 3.8) is 0 Å². The number of carbonyl (C=O) groups excluding carboxylic acids is 2. The number of urea groups is 1. The maximum Gasteiger partial charge on any atom is 0.344 e. The largest absolute Gasteiger partial charge is 0.455 e. The highest BCUT2D eigenvalue weighted by Crippen LogP contribution is 2.24. The van der Waals surface area contributed by atoms with Crippen LogP contribution in [-0.4, -0.2) is 78.5 Å². The minimum Gasteiger partial charge on any atom is -0.455 e. The minimum atomic E-state index is -0.589. The lowest BCUT2D eigenvalue weighted by Gasteiger charge is -2.21. The van der Waals surface area contributed by atoms with E-state index in [1.165, 1.54) is 18.3 Å². The molecule has 1 aliphatic rings. The van der Waals surface area contributed by atoms with Crippen molar-refractivity contribution in [3.05, 3.63) is 52.3 Å². The number of quaternary nitrogens is 1. The van der Waals surface area contributed by atoms with E-state index in [1.807, 2.05) is 0 Å². The Hall–Kier alpha value is -3.57. The molecule has 0 saturated carbocycles. The number of aliphatic hydroxyl groups excluding tert-OH is 1. The Morgan fingerprint density at radius 3 is 2.37 bits per heavy atom. The molecule has 0 aliphatic carbocycles. The lowest BCUT2D eigenvalue weighted by atomic mass is 10.1. The summed E-state index contributed by atoms with van der Waals surface area (Å²) in [5.41, 5.74) is 0.663. The van der Waals surface area contributed by atoms with Crippen molar-refractivity contribution in [3.8, 4) is 11.3 Å². The fourth-order valence-corrected chi connectivity index (χ4v) is 2.28. The Morgan fingerprint density at radius 1 is 1.23 bits per heavy atom. The van der Waals surface area contributed by atoms with Gasteiger partial charge in [0.05, 0.1) is 38.9 Å². The molecule has 160 valence electrons. The standard InChI is InChI=1S/C14H10N4O5.C5H14NO/c19-13-8-17(14(20)16-13)15-7-11-5-6-12(23-11)9-1-3-10(4-2-9)18(21)22;1-6(2,3)4-5-7/h1-7H,8H2,(H,16,19,20);7H,4-5H2,1-3H3/q;+1/b15-7+;. The number of aliphatic hydroxyl groups is 1. The Balaban J connectivity index is 0.000000396. The fraction of sp³-hybridized carbons (Fsp3) is 0.316. The van der Waals surface area contributed by atoms with Crippen molar-refractivity contribution in [2.75, 3.05) is 40.8 Å². The van der Waals surface area contributed by atoms with Crippen molar-refractivity contribution in [1.29, 1.82) is 0 Å². The number of hydrazone groups is 1. The van der Waals surface area contributed by atoms with E-state index in [4.69, 9.17) is 9.52 Å². The van der Waals surface area contributed by atoms with E-state index in [1.54, 1.807) is 24.3 Å². The number of rotatable bonds is 6. The normalized spacial score (nSPS) is 13.9. The molecule has 0 spiro atoms. The summed E-state index contributed by atoms with van der Waals surface area (Å²) in [6, 6.07) is 8.63. The van der Waals surface area contributed by atoms with E-state index >= 15 is 0 Å². The number of hydrogen-bond donors (Lipinski definition) is 2. The minimum absolute atomic E-state index is 0.00759. The number of amides is 3. The molecule has 0 atom stereocenters. The number of furan rings is 1. The monoisotopic (exact) mass is 418 g/mol. The van der Waals surface area contributed by atoms with Gasteiger partial charge in [0, 0.05) is 17.7 Å². The number of nitrogens with one attached hydrogen (secondary N) is 1. The van der Waals surface area contributed by atoms with Gasteiger partial charge in [-0.15, -0.1) is 0 Å². The highest BCUT2D eigenvalue weighted by atomic mass is 16.6. The van der Waals surface area contributed by atoms with Crippen LogP contribution in [0.5, 0.6) is 0 Å². The Morgan fingerprint density at radius 2 is 1.90 bits per heavy atom. The van der Waals surface area contributed by atoms with Gasteiger partial charge in [-0.1, -0.05) is 0 Å². The number of nitro groups is 1. The summed E-state index contributed by atoms with van der Waals surface area (Å²) in [4.78, 5) is 32.5. The number of likely N-dealkylation sites (N-methyl/N-ethyl adjacent to an activating group) is 1. The van der Waals surface area contributed by atoms with Crippen LogP contribution < -0.4 is 5.32 Å². The summed E-state index contributed by atoms with van der Waals surface area (Å²) in [6.45, 7) is 0.981. The van der Waals surface area contributed by atoms with E-state index in [-0.39, 0.29) is 18.8 Å². The van der Waals surface area contributed by atoms with Gasteiger partial charge in [-0.2, -0.15) is 5.10 Å². The average Bonchev–Trinajstić information content (AvgIpc) is 3.25. The summed E-state index contributed by atoms with van der Waals surface area (Å²) in [5.74, 6) is 0.465. The predicted molar refractivity (Wildman–Crippen MR) is 109 cm³/mol. The molecule has 0 bridgehead atoms.